The summed E-state index contributed by atoms with van der Waals surface area (Å²) in [6.45, 7) is 25.2. The standard InChI is InChI=1S/C31H52O6.C30H50O7.C17H25N.C2H6O3S.2CH4/c1-26-10-11-28-25-27-8-5-4-6-12-31(2,30(28)24-26)29(27)9-7-13-33-16-17-35-20-21-37-23-22-36-19-18-34-15-14-32-3;1-30-11-5-3-4-7-25(23-26-9-10-27(31)24-29(26)30)28(30)8-6-12-33-15-16-35-19-20-37-22-21-36-18-17-34-14-13-32-2;1-12-7-8-13-11-14-6-4-3-5-9-17(2,16(14)18)15(13)10-12;1-5-6(2,3)4;;/h10-11,24,27,29H,4-9,12-23,25H2,1-3H3;9-10,24-25,28,31H,3-8,11-23H2,1-2H3;7-8,10,14,16H,3-6,9,11,18H2,1-2H3;1-2H3;2*1H4/t27-,29-,31-;25-,28-,30-;14-,16-,17+;;;/m000.../s1. The molecule has 576 valence electrons. The lowest BCUT2D eigenvalue weighted by Gasteiger charge is -2.49. The molecule has 3 fully saturated rings. The second-order valence-electron chi connectivity index (χ2n) is 29.1. The Kier molecular flexibility index (Phi) is 44.3. The molecule has 0 heterocycles. The summed E-state index contributed by atoms with van der Waals surface area (Å²) in [6, 6.07) is 20.7. The molecule has 17 nitrogen and oxygen atoms in total. The van der Waals surface area contributed by atoms with Gasteiger partial charge in [0.2, 0.25) is 0 Å². The minimum absolute atomic E-state index is 0. The molecule has 9 rings (SSSR count). The molecule has 0 amide bonds. The van der Waals surface area contributed by atoms with Crippen LogP contribution in [0.25, 0.3) is 0 Å². The first-order chi connectivity index (χ1) is 47.5. The lowest BCUT2D eigenvalue weighted by atomic mass is 9.55. The third-order valence-corrected chi connectivity index (χ3v) is 22.6. The third kappa shape index (κ3) is 30.4. The fourth-order valence-electron chi connectivity index (χ4n) is 16.7. The molecule has 0 radical (unpaired) electrons. The van der Waals surface area contributed by atoms with Crippen molar-refractivity contribution in [3.05, 3.63) is 99.1 Å². The van der Waals surface area contributed by atoms with Crippen molar-refractivity contribution in [2.75, 3.05) is 173 Å². The highest BCUT2D eigenvalue weighted by Gasteiger charge is 2.47. The average Bonchev–Trinajstić information content (AvgIpc) is 0.757. The quantitative estimate of drug-likeness (QED) is 0.0403. The Morgan fingerprint density at radius 3 is 1.05 bits per heavy atom. The topological polar surface area (TPSA) is 200 Å². The number of aryl methyl sites for hydroxylation is 2. The lowest BCUT2D eigenvalue weighted by molar-refractivity contribution is -0.0152. The van der Waals surface area contributed by atoms with E-state index >= 15 is 0 Å². The molecule has 3 aromatic rings. The molecule has 0 spiro atoms. The molecule has 6 bridgehead atoms. The summed E-state index contributed by atoms with van der Waals surface area (Å²) in [5, 5.41) is 10.2. The third-order valence-electron chi connectivity index (χ3n) is 22.0. The summed E-state index contributed by atoms with van der Waals surface area (Å²) < 4.78 is 89.0. The Labute approximate surface area is 607 Å². The van der Waals surface area contributed by atoms with E-state index in [4.69, 9.17) is 62.6 Å². The van der Waals surface area contributed by atoms with E-state index in [9.17, 15) is 13.5 Å². The van der Waals surface area contributed by atoms with Gasteiger partial charge in [-0.2, -0.15) is 8.42 Å². The minimum Gasteiger partial charge on any atom is -0.508 e. The van der Waals surface area contributed by atoms with Crippen molar-refractivity contribution in [1.29, 1.82) is 0 Å². The van der Waals surface area contributed by atoms with E-state index in [1.165, 1.54) is 144 Å². The maximum Gasteiger partial charge on any atom is 0.264 e. The van der Waals surface area contributed by atoms with Crippen LogP contribution in [0.5, 0.6) is 5.75 Å². The number of benzene rings is 3. The van der Waals surface area contributed by atoms with Crippen LogP contribution in [0.4, 0.5) is 0 Å². The molecule has 18 heteroatoms. The predicted octanol–water partition coefficient (Wildman–Crippen LogP) is 15.0. The summed E-state index contributed by atoms with van der Waals surface area (Å²) in [4.78, 5) is 0. The van der Waals surface area contributed by atoms with Gasteiger partial charge in [0.1, 0.15) is 5.75 Å². The largest absolute Gasteiger partial charge is 0.508 e. The lowest BCUT2D eigenvalue weighted by Crippen LogP contribution is -2.52. The molecule has 6 aliphatic rings. The van der Waals surface area contributed by atoms with Crippen LogP contribution in [0.3, 0.4) is 0 Å². The monoisotopic (exact) mass is 1430 g/mol. The van der Waals surface area contributed by atoms with Crippen molar-refractivity contribution in [2.24, 2.45) is 35.3 Å². The first-order valence-electron chi connectivity index (χ1n) is 37.8. The summed E-state index contributed by atoms with van der Waals surface area (Å²) >= 11 is 0. The molecular weight excluding hydrogens is 1290 g/mol. The van der Waals surface area contributed by atoms with E-state index in [-0.39, 0.29) is 25.7 Å². The number of hydrogen-bond acceptors (Lipinski definition) is 17. The molecule has 3 N–H and O–H groups in total. The van der Waals surface area contributed by atoms with Gasteiger partial charge in [0.15, 0.2) is 0 Å². The van der Waals surface area contributed by atoms with Crippen molar-refractivity contribution in [3.8, 4) is 5.75 Å². The van der Waals surface area contributed by atoms with E-state index in [1.807, 2.05) is 12.1 Å². The average molecular weight is 1430 g/mol. The van der Waals surface area contributed by atoms with E-state index in [1.54, 1.807) is 36.5 Å². The number of aromatic hydroxyl groups is 1. The summed E-state index contributed by atoms with van der Waals surface area (Å²) in [5.74, 6) is 4.10. The van der Waals surface area contributed by atoms with E-state index < -0.39 is 10.1 Å². The molecule has 0 saturated heterocycles. The van der Waals surface area contributed by atoms with Gasteiger partial charge in [-0.15, -0.1) is 0 Å². The molecular formula is C82H141NO16S. The van der Waals surface area contributed by atoms with Crippen LogP contribution in [0.2, 0.25) is 0 Å². The zero-order valence-corrected chi connectivity index (χ0v) is 63.1. The highest BCUT2D eigenvalue weighted by molar-refractivity contribution is 7.85. The molecule has 0 aliphatic heterocycles. The van der Waals surface area contributed by atoms with Crippen molar-refractivity contribution in [3.63, 3.8) is 0 Å². The zero-order valence-electron chi connectivity index (χ0n) is 62.3. The Morgan fingerprint density at radius 2 is 0.700 bits per heavy atom. The zero-order chi connectivity index (χ0) is 70.3. The number of ether oxygens (including phenoxy) is 12. The van der Waals surface area contributed by atoms with Gasteiger partial charge >= 0.3 is 0 Å². The number of nitrogens with two attached hydrogens (primary N) is 1. The number of rotatable bonds is 39. The smallest absolute Gasteiger partial charge is 0.264 e. The van der Waals surface area contributed by atoms with Crippen LogP contribution < -0.4 is 5.73 Å². The highest BCUT2D eigenvalue weighted by Crippen LogP contribution is 2.54. The van der Waals surface area contributed by atoms with Gasteiger partial charge in [-0.3, -0.25) is 4.18 Å². The second-order valence-corrected chi connectivity index (χ2v) is 30.9. The van der Waals surface area contributed by atoms with E-state index in [2.05, 4.69) is 81.3 Å². The van der Waals surface area contributed by atoms with E-state index in [0.29, 0.717) is 161 Å². The second kappa shape index (κ2) is 49.6. The molecule has 0 aromatic heterocycles. The molecule has 3 aromatic carbocycles. The fraction of sp³-hybridized carbons (Fsp3) is 0.780. The van der Waals surface area contributed by atoms with Crippen LogP contribution >= 0.6 is 0 Å². The Bertz CT molecular complexity index is 2610. The van der Waals surface area contributed by atoms with Crippen LogP contribution in [-0.2, 0) is 107 Å². The molecule has 6 aliphatic carbocycles. The number of fused-ring (bicyclic) bond motifs is 12. The number of phenolic OH excluding ortho intramolecular Hbond substituents is 1. The number of hydrogen-bond donors (Lipinski definition) is 2. The predicted molar refractivity (Wildman–Crippen MR) is 404 cm³/mol. The Balaban J connectivity index is 0.000000316. The maximum absolute atomic E-state index is 10.2. The van der Waals surface area contributed by atoms with Crippen molar-refractivity contribution in [1.82, 2.24) is 0 Å². The van der Waals surface area contributed by atoms with Crippen LogP contribution in [0, 0.1) is 43.4 Å². The van der Waals surface area contributed by atoms with Crippen molar-refractivity contribution >= 4 is 10.1 Å². The first kappa shape index (κ1) is 89.2. The number of phenols is 1. The fourth-order valence-corrected chi connectivity index (χ4v) is 16.7. The Hall–Kier alpha value is -3.15. The van der Waals surface area contributed by atoms with Gasteiger partial charge in [0.25, 0.3) is 10.1 Å². The molecule has 100 heavy (non-hydrogen) atoms. The van der Waals surface area contributed by atoms with Gasteiger partial charge in [0, 0.05) is 38.9 Å². The summed E-state index contributed by atoms with van der Waals surface area (Å²) in [6.07, 6.45) is 29.3. The van der Waals surface area contributed by atoms with Gasteiger partial charge in [-0.05, 0) is 183 Å². The molecule has 3 saturated carbocycles. The van der Waals surface area contributed by atoms with Gasteiger partial charge < -0.3 is 67.7 Å². The molecule has 0 unspecified atom stereocenters. The van der Waals surface area contributed by atoms with Gasteiger partial charge in [-0.25, -0.2) is 0 Å². The van der Waals surface area contributed by atoms with Crippen LogP contribution in [0.15, 0.2) is 54.6 Å². The Morgan fingerprint density at radius 1 is 0.410 bits per heavy atom. The highest BCUT2D eigenvalue weighted by atomic mass is 32.2. The van der Waals surface area contributed by atoms with Crippen LogP contribution in [-0.4, -0.2) is 193 Å². The number of methoxy groups -OCH3 is 2. The van der Waals surface area contributed by atoms with Crippen molar-refractivity contribution < 1.29 is 74.5 Å². The van der Waals surface area contributed by atoms with Crippen molar-refractivity contribution in [2.45, 2.75) is 213 Å². The first-order valence-corrected chi connectivity index (χ1v) is 39.6. The van der Waals surface area contributed by atoms with Gasteiger partial charge in [0.05, 0.1) is 146 Å². The minimum atomic E-state index is -3.16. The summed E-state index contributed by atoms with van der Waals surface area (Å²) in [7, 11) is 1.28. The molecule has 9 atom stereocenters. The maximum atomic E-state index is 10.2. The van der Waals surface area contributed by atoms with Gasteiger partial charge in [-0.1, -0.05) is 147 Å². The normalized spacial score (nSPS) is 24.4. The SMILES string of the molecule is C.C.COCCOCCOCCOCCOCCOCCC[C@H]1[C@H]2CCCCC[C@]1(C)c1cc(C)ccc1C2.COCCOCCOCCOCCOCCOCCC[C@H]1[C@H]2CCCCC[C@]1(C)c1cc(O)ccc1C2.COS(C)(=O)=O.Cc1ccc2c(c1)[C@@]1(C)CCCCC[C@@H](C2)[C@@H]1N. The van der Waals surface area contributed by atoms with Crippen LogP contribution in [0.1, 0.15) is 202 Å². The summed E-state index contributed by atoms with van der Waals surface area (Å²) in [5.41, 5.74) is 19.3. The van der Waals surface area contributed by atoms with E-state index in [0.717, 1.165) is 63.6 Å².